The van der Waals surface area contributed by atoms with Gasteiger partial charge >= 0.3 is 0 Å². The molecule has 1 aliphatic heterocycles. The van der Waals surface area contributed by atoms with E-state index in [0.717, 1.165) is 28.1 Å². The lowest BCUT2D eigenvalue weighted by Gasteiger charge is -2.31. The number of aromatic nitrogens is 2. The van der Waals surface area contributed by atoms with Crippen LogP contribution in [0.1, 0.15) is 11.3 Å². The molecule has 4 aromatic rings. The summed E-state index contributed by atoms with van der Waals surface area (Å²) in [5, 5.41) is 2.41. The van der Waals surface area contributed by atoms with Crippen molar-refractivity contribution in [2.75, 3.05) is 6.54 Å². The van der Waals surface area contributed by atoms with Gasteiger partial charge in [-0.3, -0.25) is 0 Å². The summed E-state index contributed by atoms with van der Waals surface area (Å²) in [6.07, 6.45) is 0.531. The molecule has 0 spiro atoms. The van der Waals surface area contributed by atoms with Crippen molar-refractivity contribution in [2.45, 2.75) is 17.2 Å². The molecule has 0 saturated carbocycles. The van der Waals surface area contributed by atoms with Crippen LogP contribution in [0, 0.1) is 0 Å². The monoisotopic (exact) mass is 467 g/mol. The highest BCUT2D eigenvalue weighted by Crippen LogP contribution is 2.35. The van der Waals surface area contributed by atoms with E-state index in [1.165, 1.54) is 15.6 Å². The number of benzene rings is 2. The van der Waals surface area contributed by atoms with Crippen LogP contribution in [0.15, 0.2) is 76.3 Å². The summed E-state index contributed by atoms with van der Waals surface area (Å²) >= 11 is 7.32. The van der Waals surface area contributed by atoms with Crippen molar-refractivity contribution in [1.29, 1.82) is 0 Å². The first-order valence-corrected chi connectivity index (χ1v) is 12.5. The third kappa shape index (κ3) is 3.95. The third-order valence-electron chi connectivity index (χ3n) is 5.26. The molecule has 8 heteroatoms. The van der Waals surface area contributed by atoms with E-state index < -0.39 is 10.4 Å². The number of hydrogen-bond acceptors (Lipinski definition) is 5. The molecule has 0 radical (unpaired) electrons. The average Bonchev–Trinajstić information content (AvgIpc) is 3.35. The van der Waals surface area contributed by atoms with Gasteiger partial charge in [-0.1, -0.05) is 69.6 Å². The maximum atomic E-state index is 13.1. The molecular formula is C23H18ClN3O2S2. The van der Waals surface area contributed by atoms with Crippen molar-refractivity contribution in [2.24, 2.45) is 0 Å². The molecule has 2 aromatic carbocycles. The van der Waals surface area contributed by atoms with Crippen molar-refractivity contribution in [1.82, 2.24) is 14.3 Å². The Morgan fingerprint density at radius 3 is 2.45 bits per heavy atom. The van der Waals surface area contributed by atoms with E-state index in [-0.39, 0.29) is 6.54 Å². The first kappa shape index (κ1) is 20.5. The lowest BCUT2D eigenvalue weighted by atomic mass is 9.99. The average molecular weight is 468 g/mol. The maximum Gasteiger partial charge on any atom is 0.229 e. The van der Waals surface area contributed by atoms with Crippen LogP contribution in [0.25, 0.3) is 22.6 Å². The minimum Gasteiger partial charge on any atom is -0.592 e. The molecular weight excluding hydrogens is 450 g/mol. The Balaban J connectivity index is 1.62. The van der Waals surface area contributed by atoms with Crippen LogP contribution in [0.2, 0.25) is 5.02 Å². The van der Waals surface area contributed by atoms with Gasteiger partial charge in [-0.25, -0.2) is 9.97 Å². The molecule has 0 amide bonds. The van der Waals surface area contributed by atoms with Crippen LogP contribution < -0.4 is 0 Å². The zero-order valence-corrected chi connectivity index (χ0v) is 18.8. The largest absolute Gasteiger partial charge is 0.592 e. The van der Waals surface area contributed by atoms with E-state index in [1.807, 2.05) is 54.6 Å². The fourth-order valence-corrected chi connectivity index (χ4v) is 6.37. The summed E-state index contributed by atoms with van der Waals surface area (Å²) in [4.78, 5) is 9.67. The fourth-order valence-electron chi connectivity index (χ4n) is 3.69. The quantitative estimate of drug-likeness (QED) is 0.372. The molecule has 0 bridgehead atoms. The highest BCUT2D eigenvalue weighted by molar-refractivity contribution is 7.97. The van der Waals surface area contributed by atoms with Crippen molar-refractivity contribution in [3.8, 4) is 22.6 Å². The minimum atomic E-state index is -3.55. The third-order valence-corrected chi connectivity index (χ3v) is 8.73. The van der Waals surface area contributed by atoms with Gasteiger partial charge in [0.25, 0.3) is 0 Å². The summed E-state index contributed by atoms with van der Waals surface area (Å²) in [7, 11) is -3.55. The Morgan fingerprint density at radius 1 is 0.968 bits per heavy atom. The summed E-state index contributed by atoms with van der Waals surface area (Å²) in [6.45, 7) is 0.626. The van der Waals surface area contributed by atoms with Gasteiger partial charge < -0.3 is 4.55 Å². The summed E-state index contributed by atoms with van der Waals surface area (Å²) in [5.41, 5.74) is 4.28. The molecule has 1 atom stereocenters. The highest BCUT2D eigenvalue weighted by Gasteiger charge is 2.36. The van der Waals surface area contributed by atoms with Crippen LogP contribution in [-0.4, -0.2) is 25.4 Å². The molecule has 31 heavy (non-hydrogen) atoms. The molecule has 5 nitrogen and oxygen atoms in total. The van der Waals surface area contributed by atoms with E-state index >= 15 is 0 Å². The zero-order chi connectivity index (χ0) is 21.4. The van der Waals surface area contributed by atoms with Gasteiger partial charge in [-0.05, 0) is 23.6 Å². The Kier molecular flexibility index (Phi) is 5.45. The number of thiophene rings is 1. The van der Waals surface area contributed by atoms with Gasteiger partial charge in [0.1, 0.15) is 0 Å². The summed E-state index contributed by atoms with van der Waals surface area (Å²) in [5.74, 6) is 0.638. The van der Waals surface area contributed by atoms with Crippen LogP contribution >= 0.6 is 22.9 Å². The fraction of sp³-hybridized carbons (Fsp3) is 0.130. The predicted octanol–water partition coefficient (Wildman–Crippen LogP) is 5.49. The van der Waals surface area contributed by atoms with Crippen LogP contribution in [-0.2, 0) is 27.6 Å². The Hall–Kier alpha value is -2.42. The number of hydrogen-bond donors (Lipinski definition) is 0. The number of fused-ring (bicyclic) bond motifs is 1. The molecule has 1 unspecified atom stereocenters. The van der Waals surface area contributed by atoms with E-state index in [4.69, 9.17) is 21.6 Å². The molecule has 0 fully saturated rings. The molecule has 1 aliphatic rings. The molecule has 0 N–H and O–H groups in total. The van der Waals surface area contributed by atoms with Gasteiger partial charge in [0.05, 0.1) is 24.5 Å². The predicted molar refractivity (Wildman–Crippen MR) is 123 cm³/mol. The van der Waals surface area contributed by atoms with Crippen LogP contribution in [0.4, 0.5) is 0 Å². The standard InChI is InChI=1S/C23H18ClN3O2S2/c24-18-10-8-16(9-11-18)22-19-15-27(31(28,29)21-7-4-14-30-21)13-12-20(19)25-23(26-22)17-5-2-1-3-6-17/h1-11,14H,12-13,15H2. The molecule has 0 saturated heterocycles. The summed E-state index contributed by atoms with van der Waals surface area (Å²) < 4.78 is 28.1. The normalized spacial score (nSPS) is 15.9. The first-order chi connectivity index (χ1) is 15.0. The van der Waals surface area contributed by atoms with Crippen LogP contribution in [0.3, 0.4) is 0 Å². The molecule has 3 heterocycles. The highest BCUT2D eigenvalue weighted by atomic mass is 35.5. The minimum absolute atomic E-state index is 0.239. The lowest BCUT2D eigenvalue weighted by molar-refractivity contribution is 0.339. The van der Waals surface area contributed by atoms with Crippen molar-refractivity contribution in [3.63, 3.8) is 0 Å². The van der Waals surface area contributed by atoms with Gasteiger partial charge in [-0.15, -0.1) is 4.31 Å². The Labute approximate surface area is 190 Å². The van der Waals surface area contributed by atoms with E-state index in [0.29, 0.717) is 28.0 Å². The molecule has 5 rings (SSSR count). The van der Waals surface area contributed by atoms with Gasteiger partial charge in [0.2, 0.25) is 4.21 Å². The zero-order valence-electron chi connectivity index (χ0n) is 16.4. The second-order valence-electron chi connectivity index (χ2n) is 7.21. The number of halogens is 1. The SMILES string of the molecule is O=[S+]([O-])(c1cccs1)N1CCc2nc(-c3ccccc3)nc(-c3ccc(Cl)cc3)c2C1. The second kappa shape index (κ2) is 8.26. The summed E-state index contributed by atoms with van der Waals surface area (Å²) in [6, 6.07) is 20.7. The topological polar surface area (TPSA) is 69.2 Å². The molecule has 0 aliphatic carbocycles. The lowest BCUT2D eigenvalue weighted by Crippen LogP contribution is -2.40. The Morgan fingerprint density at radius 2 is 1.74 bits per heavy atom. The molecule has 2 aromatic heterocycles. The van der Waals surface area contributed by atoms with Gasteiger partial charge in [-0.2, -0.15) is 0 Å². The van der Waals surface area contributed by atoms with Crippen molar-refractivity contribution in [3.05, 3.63) is 88.4 Å². The van der Waals surface area contributed by atoms with Crippen molar-refractivity contribution >= 4 is 33.3 Å². The first-order valence-electron chi connectivity index (χ1n) is 9.77. The number of sulfonamides is 1. The van der Waals surface area contributed by atoms with E-state index in [9.17, 15) is 8.76 Å². The Bertz CT molecular complexity index is 1260. The van der Waals surface area contributed by atoms with Gasteiger partial charge in [0, 0.05) is 34.2 Å². The van der Waals surface area contributed by atoms with Gasteiger partial charge in [0.15, 0.2) is 16.2 Å². The maximum absolute atomic E-state index is 13.1. The molecule has 156 valence electrons. The van der Waals surface area contributed by atoms with Crippen molar-refractivity contribution < 1.29 is 8.76 Å². The number of nitrogens with zero attached hydrogens (tertiary/aromatic N) is 3. The van der Waals surface area contributed by atoms with Crippen LogP contribution in [0.5, 0.6) is 0 Å². The number of rotatable bonds is 4. The smallest absolute Gasteiger partial charge is 0.229 e. The van der Waals surface area contributed by atoms with E-state index in [1.54, 1.807) is 17.5 Å². The van der Waals surface area contributed by atoms with E-state index in [2.05, 4.69) is 0 Å². The second-order valence-corrected chi connectivity index (χ2v) is 10.8.